The third-order valence-electron chi connectivity index (χ3n) is 2.11. The van der Waals surface area contributed by atoms with Crippen LogP contribution in [0.2, 0.25) is 5.02 Å². The van der Waals surface area contributed by atoms with Crippen molar-refractivity contribution in [2.24, 2.45) is 0 Å². The monoisotopic (exact) mass is 397 g/mol. The molecule has 0 amide bonds. The lowest BCUT2D eigenvalue weighted by Crippen LogP contribution is -2.14. The topological polar surface area (TPSA) is 102 Å². The van der Waals surface area contributed by atoms with E-state index in [2.05, 4.69) is 25.6 Å². The van der Waals surface area contributed by atoms with Crippen molar-refractivity contribution in [3.8, 4) is 0 Å². The van der Waals surface area contributed by atoms with Crippen molar-refractivity contribution in [3.05, 3.63) is 43.3 Å². The molecule has 0 atom stereocenters. The Labute approximate surface area is 130 Å². The molecule has 1 aromatic carbocycles. The Kier molecular flexibility index (Phi) is 4.28. The number of nitro benzene ring substituents is 1. The van der Waals surface area contributed by atoms with Crippen molar-refractivity contribution >= 4 is 59.7 Å². The number of thiazole rings is 1. The Morgan fingerprint density at radius 3 is 2.70 bits per heavy atom. The fourth-order valence-electron chi connectivity index (χ4n) is 1.33. The molecule has 0 bridgehead atoms. The van der Waals surface area contributed by atoms with Crippen LogP contribution in [0.15, 0.2) is 33.1 Å². The van der Waals surface area contributed by atoms with Crippen LogP contribution >= 0.6 is 38.9 Å². The molecule has 1 aromatic heterocycles. The lowest BCUT2D eigenvalue weighted by atomic mass is 10.3. The SMILES string of the molecule is O=[N+]([O-])c1cc(Cl)ccc1S(=O)(=O)Nc1ncc(Br)s1. The molecular weight excluding hydrogens is 394 g/mol. The van der Waals surface area contributed by atoms with Crippen LogP contribution in [0.4, 0.5) is 10.8 Å². The summed E-state index contributed by atoms with van der Waals surface area (Å²) in [5, 5.41) is 11.1. The first-order valence-corrected chi connectivity index (χ1v) is 8.35. The number of anilines is 1. The maximum Gasteiger partial charge on any atom is 0.291 e. The molecule has 20 heavy (non-hydrogen) atoms. The summed E-state index contributed by atoms with van der Waals surface area (Å²) in [5.74, 6) is 0. The second-order valence-corrected chi connectivity index (χ2v) is 7.94. The van der Waals surface area contributed by atoms with Gasteiger partial charge in [-0.2, -0.15) is 0 Å². The van der Waals surface area contributed by atoms with Crippen LogP contribution in [0.3, 0.4) is 0 Å². The lowest BCUT2D eigenvalue weighted by molar-refractivity contribution is -0.387. The van der Waals surface area contributed by atoms with Gasteiger partial charge >= 0.3 is 0 Å². The molecular formula is C9H5BrClN3O4S2. The van der Waals surface area contributed by atoms with E-state index in [4.69, 9.17) is 11.6 Å². The van der Waals surface area contributed by atoms with Crippen LogP contribution in [-0.4, -0.2) is 18.3 Å². The maximum atomic E-state index is 12.1. The quantitative estimate of drug-likeness (QED) is 0.629. The average molecular weight is 399 g/mol. The molecule has 0 spiro atoms. The number of nitrogens with zero attached hydrogens (tertiary/aromatic N) is 2. The van der Waals surface area contributed by atoms with Gasteiger partial charge in [0.1, 0.15) is 0 Å². The van der Waals surface area contributed by atoms with E-state index in [1.165, 1.54) is 12.3 Å². The molecule has 1 N–H and O–H groups in total. The van der Waals surface area contributed by atoms with Crippen LogP contribution in [0.25, 0.3) is 0 Å². The molecule has 1 heterocycles. The fraction of sp³-hybridized carbons (Fsp3) is 0. The highest BCUT2D eigenvalue weighted by atomic mass is 79.9. The molecule has 2 aromatic rings. The Balaban J connectivity index is 2.46. The van der Waals surface area contributed by atoms with Gasteiger partial charge in [-0.15, -0.1) is 0 Å². The largest absolute Gasteiger partial charge is 0.291 e. The number of benzene rings is 1. The van der Waals surface area contributed by atoms with Gasteiger partial charge in [0.2, 0.25) is 0 Å². The third kappa shape index (κ3) is 3.26. The zero-order chi connectivity index (χ0) is 14.9. The summed E-state index contributed by atoms with van der Waals surface area (Å²) in [7, 11) is -4.12. The summed E-state index contributed by atoms with van der Waals surface area (Å²) in [4.78, 5) is 13.4. The number of aromatic nitrogens is 1. The molecule has 0 aliphatic heterocycles. The number of sulfonamides is 1. The van der Waals surface area contributed by atoms with Crippen LogP contribution in [0.1, 0.15) is 0 Å². The van der Waals surface area contributed by atoms with Gasteiger partial charge in [0.05, 0.1) is 14.9 Å². The van der Waals surface area contributed by atoms with Crippen molar-refractivity contribution in [3.63, 3.8) is 0 Å². The smallest absolute Gasteiger partial charge is 0.258 e. The van der Waals surface area contributed by atoms with Gasteiger partial charge in [0.25, 0.3) is 15.7 Å². The molecule has 2 rings (SSSR count). The summed E-state index contributed by atoms with van der Waals surface area (Å²) < 4.78 is 27.1. The number of hydrogen-bond acceptors (Lipinski definition) is 6. The van der Waals surface area contributed by atoms with Crippen LogP contribution < -0.4 is 4.72 Å². The van der Waals surface area contributed by atoms with E-state index in [1.54, 1.807) is 0 Å². The van der Waals surface area contributed by atoms with Crippen LogP contribution in [-0.2, 0) is 10.0 Å². The molecule has 0 radical (unpaired) electrons. The number of halogens is 2. The Hall–Kier alpha value is -1.23. The highest BCUT2D eigenvalue weighted by Crippen LogP contribution is 2.30. The minimum absolute atomic E-state index is 0.0765. The Bertz CT molecular complexity index is 777. The number of rotatable bonds is 4. The van der Waals surface area contributed by atoms with Crippen LogP contribution in [0.5, 0.6) is 0 Å². The average Bonchev–Trinajstić information content (AvgIpc) is 2.73. The third-order valence-corrected chi connectivity index (χ3v) is 5.25. The van der Waals surface area contributed by atoms with E-state index < -0.39 is 25.5 Å². The van der Waals surface area contributed by atoms with Gasteiger partial charge in [-0.3, -0.25) is 14.8 Å². The summed E-state index contributed by atoms with van der Waals surface area (Å²) in [6, 6.07) is 3.32. The minimum Gasteiger partial charge on any atom is -0.258 e. The summed E-state index contributed by atoms with van der Waals surface area (Å²) in [6.45, 7) is 0. The van der Waals surface area contributed by atoms with Gasteiger partial charge in [0.15, 0.2) is 10.0 Å². The van der Waals surface area contributed by atoms with Crippen molar-refractivity contribution in [1.29, 1.82) is 0 Å². The first-order valence-electron chi connectivity index (χ1n) is 4.88. The molecule has 0 unspecified atom stereocenters. The first kappa shape index (κ1) is 15.2. The number of hydrogen-bond donors (Lipinski definition) is 1. The second kappa shape index (κ2) is 5.64. The van der Waals surface area contributed by atoms with E-state index >= 15 is 0 Å². The van der Waals surface area contributed by atoms with E-state index in [-0.39, 0.29) is 10.2 Å². The number of nitro groups is 1. The second-order valence-electron chi connectivity index (χ2n) is 3.44. The van der Waals surface area contributed by atoms with Gasteiger partial charge in [-0.25, -0.2) is 13.4 Å². The van der Waals surface area contributed by atoms with Gasteiger partial charge in [-0.1, -0.05) is 22.9 Å². The molecule has 0 saturated heterocycles. The van der Waals surface area contributed by atoms with Crippen molar-refractivity contribution < 1.29 is 13.3 Å². The highest BCUT2D eigenvalue weighted by molar-refractivity contribution is 9.11. The van der Waals surface area contributed by atoms with Gasteiger partial charge in [0, 0.05) is 11.1 Å². The molecule has 106 valence electrons. The predicted octanol–water partition coefficient (Wildman–Crippen LogP) is 3.27. The van der Waals surface area contributed by atoms with Crippen LogP contribution in [0, 0.1) is 10.1 Å². The van der Waals surface area contributed by atoms with Crippen molar-refractivity contribution in [1.82, 2.24) is 4.98 Å². The Morgan fingerprint density at radius 2 is 2.15 bits per heavy atom. The zero-order valence-electron chi connectivity index (χ0n) is 9.41. The molecule has 0 aliphatic rings. The standard InChI is InChI=1S/C9H5BrClN3O4S2/c10-8-4-12-9(19-8)13-20(17,18)7-2-1-5(11)3-6(7)14(15)16/h1-4H,(H,12,13). The fourth-order valence-corrected chi connectivity index (χ4v) is 4.00. The minimum atomic E-state index is -4.12. The molecule has 0 saturated carbocycles. The lowest BCUT2D eigenvalue weighted by Gasteiger charge is -2.06. The van der Waals surface area contributed by atoms with E-state index in [1.807, 2.05) is 0 Å². The number of nitrogens with one attached hydrogen (secondary N) is 1. The maximum absolute atomic E-state index is 12.1. The Morgan fingerprint density at radius 1 is 1.45 bits per heavy atom. The van der Waals surface area contributed by atoms with E-state index in [9.17, 15) is 18.5 Å². The summed E-state index contributed by atoms with van der Waals surface area (Å²) in [5.41, 5.74) is -0.597. The molecule has 0 fully saturated rings. The summed E-state index contributed by atoms with van der Waals surface area (Å²) >= 11 is 9.82. The summed E-state index contributed by atoms with van der Waals surface area (Å²) in [6.07, 6.45) is 1.42. The van der Waals surface area contributed by atoms with Crippen molar-refractivity contribution in [2.75, 3.05) is 4.72 Å². The zero-order valence-corrected chi connectivity index (χ0v) is 13.4. The normalized spacial score (nSPS) is 11.3. The van der Waals surface area contributed by atoms with Gasteiger partial charge in [-0.05, 0) is 28.1 Å². The van der Waals surface area contributed by atoms with E-state index in [0.717, 1.165) is 23.5 Å². The predicted molar refractivity (Wildman–Crippen MR) is 78.7 cm³/mol. The van der Waals surface area contributed by atoms with Gasteiger partial charge < -0.3 is 0 Å². The highest BCUT2D eigenvalue weighted by Gasteiger charge is 2.26. The molecule has 0 aliphatic carbocycles. The van der Waals surface area contributed by atoms with E-state index in [0.29, 0.717) is 3.79 Å². The van der Waals surface area contributed by atoms with Crippen molar-refractivity contribution in [2.45, 2.75) is 4.90 Å². The first-order chi connectivity index (χ1) is 9.29. The molecule has 11 heteroatoms. The molecule has 7 nitrogen and oxygen atoms in total.